The summed E-state index contributed by atoms with van der Waals surface area (Å²) in [6.07, 6.45) is 5.60. The van der Waals surface area contributed by atoms with Crippen molar-refractivity contribution in [2.24, 2.45) is 4.99 Å². The number of H-pyrrole nitrogens is 1. The first kappa shape index (κ1) is 21.0. The van der Waals surface area contributed by atoms with E-state index in [4.69, 9.17) is 4.99 Å². The van der Waals surface area contributed by atoms with Gasteiger partial charge < -0.3 is 20.3 Å². The zero-order valence-electron chi connectivity index (χ0n) is 15.8. The Morgan fingerprint density at radius 3 is 2.73 bits per heavy atom. The molecule has 26 heavy (non-hydrogen) atoms. The van der Waals surface area contributed by atoms with Gasteiger partial charge in [0.2, 0.25) is 0 Å². The van der Waals surface area contributed by atoms with Gasteiger partial charge in [-0.1, -0.05) is 25.1 Å². The van der Waals surface area contributed by atoms with Crippen LogP contribution in [0.1, 0.15) is 37.8 Å². The van der Waals surface area contributed by atoms with Crippen LogP contribution in [0.2, 0.25) is 0 Å². The molecule has 0 radical (unpaired) electrons. The third-order valence-corrected chi connectivity index (χ3v) is 5.01. The van der Waals surface area contributed by atoms with Crippen molar-refractivity contribution in [2.45, 2.75) is 45.6 Å². The Labute approximate surface area is 173 Å². The van der Waals surface area contributed by atoms with Crippen LogP contribution in [0.4, 0.5) is 0 Å². The molecule has 2 aromatic rings. The fourth-order valence-corrected chi connectivity index (χ4v) is 3.56. The Morgan fingerprint density at radius 2 is 2.04 bits per heavy atom. The van der Waals surface area contributed by atoms with Crippen LogP contribution in [0, 0.1) is 0 Å². The highest BCUT2D eigenvalue weighted by atomic mass is 127. The molecule has 1 aromatic carbocycles. The number of likely N-dealkylation sites (tertiary alicyclic amines) is 1. The van der Waals surface area contributed by atoms with Gasteiger partial charge in [0, 0.05) is 43.3 Å². The molecule has 0 atom stereocenters. The summed E-state index contributed by atoms with van der Waals surface area (Å²) in [4.78, 5) is 10.5. The SMILES string of the molecule is CCNC(=NCCc1c[nH]c2c(CC)cccc12)N1CCC(O)CC1.I. The standard InChI is InChI=1S/C20H30N4O.HI/c1-3-15-6-5-7-18-16(14-23-19(15)18)8-11-22-20(21-4-2)24-12-9-17(25)10-13-24;/h5-7,14,17,23,25H,3-4,8-13H2,1-2H3,(H,21,22);1H. The highest BCUT2D eigenvalue weighted by Gasteiger charge is 2.19. The summed E-state index contributed by atoms with van der Waals surface area (Å²) >= 11 is 0. The van der Waals surface area contributed by atoms with E-state index in [0.717, 1.165) is 57.8 Å². The predicted molar refractivity (Wildman–Crippen MR) is 120 cm³/mol. The van der Waals surface area contributed by atoms with Crippen molar-refractivity contribution < 1.29 is 5.11 Å². The predicted octanol–water partition coefficient (Wildman–Crippen LogP) is 3.31. The zero-order chi connectivity index (χ0) is 17.6. The molecule has 1 aliphatic heterocycles. The van der Waals surface area contributed by atoms with Gasteiger partial charge >= 0.3 is 0 Å². The molecule has 2 heterocycles. The summed E-state index contributed by atoms with van der Waals surface area (Å²) in [7, 11) is 0. The van der Waals surface area contributed by atoms with Gasteiger partial charge in [0.15, 0.2) is 5.96 Å². The van der Waals surface area contributed by atoms with Gasteiger partial charge in [-0.3, -0.25) is 4.99 Å². The molecule has 3 N–H and O–H groups in total. The maximum Gasteiger partial charge on any atom is 0.193 e. The maximum atomic E-state index is 9.69. The van der Waals surface area contributed by atoms with E-state index < -0.39 is 0 Å². The smallest absolute Gasteiger partial charge is 0.193 e. The largest absolute Gasteiger partial charge is 0.393 e. The van der Waals surface area contributed by atoms with Gasteiger partial charge in [0.05, 0.1) is 6.10 Å². The third kappa shape index (κ3) is 4.91. The second kappa shape index (κ2) is 10.2. The van der Waals surface area contributed by atoms with Gasteiger partial charge in [-0.2, -0.15) is 0 Å². The molecular formula is C20H31IN4O. The normalized spacial score (nSPS) is 16.0. The molecule has 0 bridgehead atoms. The number of aryl methyl sites for hydroxylation is 1. The molecule has 0 spiro atoms. The molecule has 144 valence electrons. The fourth-order valence-electron chi connectivity index (χ4n) is 3.56. The van der Waals surface area contributed by atoms with Crippen molar-refractivity contribution in [2.75, 3.05) is 26.2 Å². The van der Waals surface area contributed by atoms with Gasteiger partial charge in [-0.05, 0) is 43.7 Å². The van der Waals surface area contributed by atoms with Crippen LogP contribution in [0.25, 0.3) is 10.9 Å². The highest BCUT2D eigenvalue weighted by molar-refractivity contribution is 14.0. The number of aromatic amines is 1. The number of nitrogens with one attached hydrogen (secondary N) is 2. The van der Waals surface area contributed by atoms with Crippen molar-refractivity contribution in [3.8, 4) is 0 Å². The summed E-state index contributed by atoms with van der Waals surface area (Å²) in [6, 6.07) is 6.53. The van der Waals surface area contributed by atoms with E-state index in [1.54, 1.807) is 0 Å². The van der Waals surface area contributed by atoms with Crippen LogP contribution < -0.4 is 5.32 Å². The van der Waals surface area contributed by atoms with Crippen molar-refractivity contribution in [3.05, 3.63) is 35.5 Å². The highest BCUT2D eigenvalue weighted by Crippen LogP contribution is 2.22. The van der Waals surface area contributed by atoms with Crippen LogP contribution in [0.5, 0.6) is 0 Å². The molecule has 1 aromatic heterocycles. The summed E-state index contributed by atoms with van der Waals surface area (Å²) in [5.74, 6) is 0.975. The van der Waals surface area contributed by atoms with E-state index in [9.17, 15) is 5.11 Å². The van der Waals surface area contributed by atoms with Crippen molar-refractivity contribution in [1.29, 1.82) is 0 Å². The molecule has 1 aliphatic rings. The van der Waals surface area contributed by atoms with E-state index in [2.05, 4.69) is 53.4 Å². The number of aliphatic imine (C=N–C) groups is 1. The van der Waals surface area contributed by atoms with Crippen LogP contribution >= 0.6 is 24.0 Å². The monoisotopic (exact) mass is 470 g/mol. The number of aliphatic hydroxyl groups is 1. The number of guanidine groups is 1. The lowest BCUT2D eigenvalue weighted by Crippen LogP contribution is -2.46. The number of halogens is 1. The van der Waals surface area contributed by atoms with Gasteiger partial charge in [0.25, 0.3) is 0 Å². The molecule has 1 saturated heterocycles. The van der Waals surface area contributed by atoms with Crippen LogP contribution in [0.3, 0.4) is 0 Å². The van der Waals surface area contributed by atoms with Gasteiger partial charge in [-0.15, -0.1) is 24.0 Å². The second-order valence-electron chi connectivity index (χ2n) is 6.71. The molecule has 0 saturated carbocycles. The summed E-state index contributed by atoms with van der Waals surface area (Å²) in [5.41, 5.74) is 3.97. The number of benzene rings is 1. The summed E-state index contributed by atoms with van der Waals surface area (Å²) < 4.78 is 0. The number of nitrogens with zero attached hydrogens (tertiary/aromatic N) is 2. The molecule has 0 unspecified atom stereocenters. The molecular weight excluding hydrogens is 439 g/mol. The Bertz CT molecular complexity index is 720. The number of fused-ring (bicyclic) bond motifs is 1. The topological polar surface area (TPSA) is 63.7 Å². The first-order chi connectivity index (χ1) is 12.2. The minimum atomic E-state index is -0.155. The molecule has 3 rings (SSSR count). The molecule has 6 heteroatoms. The average molecular weight is 470 g/mol. The average Bonchev–Trinajstić information content (AvgIpc) is 3.05. The minimum Gasteiger partial charge on any atom is -0.393 e. The third-order valence-electron chi connectivity index (χ3n) is 5.01. The number of aliphatic hydroxyl groups excluding tert-OH is 1. The van der Waals surface area contributed by atoms with E-state index in [1.165, 1.54) is 22.0 Å². The van der Waals surface area contributed by atoms with E-state index in [0.29, 0.717) is 0 Å². The maximum absolute atomic E-state index is 9.69. The lowest BCUT2D eigenvalue weighted by Gasteiger charge is -2.32. The Kier molecular flexibility index (Phi) is 8.21. The lowest BCUT2D eigenvalue weighted by molar-refractivity contribution is 0.108. The Hall–Kier alpha value is -1.28. The number of piperidine rings is 1. The first-order valence-electron chi connectivity index (χ1n) is 9.52. The molecule has 5 nitrogen and oxygen atoms in total. The summed E-state index contributed by atoms with van der Waals surface area (Å²) in [5, 5.41) is 14.4. The lowest BCUT2D eigenvalue weighted by atomic mass is 10.1. The quantitative estimate of drug-likeness (QED) is 0.357. The molecule has 0 aliphatic carbocycles. The summed E-state index contributed by atoms with van der Waals surface area (Å²) in [6.45, 7) is 7.67. The zero-order valence-corrected chi connectivity index (χ0v) is 18.1. The first-order valence-corrected chi connectivity index (χ1v) is 9.52. The number of hydrogen-bond donors (Lipinski definition) is 3. The van der Waals surface area contributed by atoms with E-state index in [-0.39, 0.29) is 30.1 Å². The fraction of sp³-hybridized carbons (Fsp3) is 0.550. The number of aromatic nitrogens is 1. The van der Waals surface area contributed by atoms with Crippen LogP contribution in [-0.2, 0) is 12.8 Å². The van der Waals surface area contributed by atoms with Crippen LogP contribution in [-0.4, -0.2) is 53.2 Å². The van der Waals surface area contributed by atoms with E-state index >= 15 is 0 Å². The number of hydrogen-bond acceptors (Lipinski definition) is 2. The molecule has 0 amide bonds. The number of para-hydroxylation sites is 1. The van der Waals surface area contributed by atoms with Gasteiger partial charge in [-0.25, -0.2) is 0 Å². The second-order valence-corrected chi connectivity index (χ2v) is 6.71. The van der Waals surface area contributed by atoms with Crippen molar-refractivity contribution >= 4 is 40.8 Å². The van der Waals surface area contributed by atoms with E-state index in [1.807, 2.05) is 0 Å². The van der Waals surface area contributed by atoms with Crippen molar-refractivity contribution in [3.63, 3.8) is 0 Å². The number of rotatable bonds is 5. The van der Waals surface area contributed by atoms with Crippen LogP contribution in [0.15, 0.2) is 29.4 Å². The minimum absolute atomic E-state index is 0. The molecule has 1 fully saturated rings. The van der Waals surface area contributed by atoms with Crippen molar-refractivity contribution in [1.82, 2.24) is 15.2 Å². The van der Waals surface area contributed by atoms with Gasteiger partial charge in [0.1, 0.15) is 0 Å². The Morgan fingerprint density at radius 1 is 1.27 bits per heavy atom. The Balaban J connectivity index is 0.00000243.